The minimum Gasteiger partial charge on any atom is -0.361 e. The van der Waals surface area contributed by atoms with Gasteiger partial charge >= 0.3 is 0 Å². The highest BCUT2D eigenvalue weighted by Crippen LogP contribution is 2.33. The molecule has 1 N–H and O–H groups in total. The molecule has 2 aromatic heterocycles. The van der Waals surface area contributed by atoms with Crippen LogP contribution < -0.4 is 5.32 Å². The van der Waals surface area contributed by atoms with E-state index < -0.39 is 0 Å². The van der Waals surface area contributed by atoms with Crippen molar-refractivity contribution in [3.8, 4) is 0 Å². The Morgan fingerprint density at radius 2 is 1.96 bits per heavy atom. The van der Waals surface area contributed by atoms with Crippen molar-refractivity contribution in [3.05, 3.63) is 50.8 Å². The number of halogens is 2. The molecule has 6 nitrogen and oxygen atoms in total. The summed E-state index contributed by atoms with van der Waals surface area (Å²) in [6, 6.07) is 5.39. The number of nitrogens with zero attached hydrogens (tertiary/aromatic N) is 3. The number of amides is 1. The Bertz CT molecular complexity index is 902. The normalized spacial score (nSPS) is 10.9. The van der Waals surface area contributed by atoms with E-state index in [9.17, 15) is 4.79 Å². The highest BCUT2D eigenvalue weighted by molar-refractivity contribution is 8.00. The Kier molecular flexibility index (Phi) is 6.18. The van der Waals surface area contributed by atoms with Crippen molar-refractivity contribution in [2.24, 2.45) is 0 Å². The standard InChI is InChI=1S/C16H14Cl2N4O2S2/c1-8-10(9(2)24-22-8)6-14(23)19-15-20-21-16(26-15)25-7-11-12(17)4-3-5-13(11)18/h3-5H,6-7H2,1-2H3,(H,19,20,23). The molecule has 26 heavy (non-hydrogen) atoms. The van der Waals surface area contributed by atoms with Gasteiger partial charge < -0.3 is 9.84 Å². The van der Waals surface area contributed by atoms with Crippen molar-refractivity contribution >= 4 is 57.3 Å². The third kappa shape index (κ3) is 4.56. The van der Waals surface area contributed by atoms with Gasteiger partial charge in [-0.05, 0) is 31.5 Å². The molecule has 3 aromatic rings. The Labute approximate surface area is 168 Å². The molecule has 0 aliphatic rings. The van der Waals surface area contributed by atoms with Gasteiger partial charge in [0.2, 0.25) is 11.0 Å². The number of nitrogens with one attached hydrogen (secondary N) is 1. The Hall–Kier alpha value is -1.61. The third-order valence-corrected chi connectivity index (χ3v) is 6.28. The van der Waals surface area contributed by atoms with E-state index in [4.69, 9.17) is 27.7 Å². The van der Waals surface area contributed by atoms with Crippen LogP contribution in [0.1, 0.15) is 22.6 Å². The molecule has 136 valence electrons. The maximum absolute atomic E-state index is 12.2. The van der Waals surface area contributed by atoms with Crippen LogP contribution in [0, 0.1) is 13.8 Å². The Morgan fingerprint density at radius 1 is 1.23 bits per heavy atom. The van der Waals surface area contributed by atoms with Gasteiger partial charge in [0, 0.05) is 21.4 Å². The lowest BCUT2D eigenvalue weighted by molar-refractivity contribution is -0.115. The molecule has 0 spiro atoms. The average molecular weight is 429 g/mol. The quantitative estimate of drug-likeness (QED) is 0.442. The summed E-state index contributed by atoms with van der Waals surface area (Å²) in [5.74, 6) is 1.02. The van der Waals surface area contributed by atoms with Crippen LogP contribution in [0.25, 0.3) is 0 Å². The number of hydrogen-bond donors (Lipinski definition) is 1. The van der Waals surface area contributed by atoms with Crippen molar-refractivity contribution in [2.75, 3.05) is 5.32 Å². The largest absolute Gasteiger partial charge is 0.361 e. The van der Waals surface area contributed by atoms with Crippen molar-refractivity contribution in [1.29, 1.82) is 0 Å². The second-order valence-corrected chi connectivity index (χ2v) is 8.40. The molecule has 1 amide bonds. The number of carbonyl (C=O) groups is 1. The lowest BCUT2D eigenvalue weighted by atomic mass is 10.1. The average Bonchev–Trinajstić information content (AvgIpc) is 3.16. The fraction of sp³-hybridized carbons (Fsp3) is 0.250. The summed E-state index contributed by atoms with van der Waals surface area (Å²) in [4.78, 5) is 12.2. The van der Waals surface area contributed by atoms with E-state index in [1.165, 1.54) is 23.1 Å². The molecule has 10 heteroatoms. The molecular weight excluding hydrogens is 415 g/mol. The molecule has 0 bridgehead atoms. The van der Waals surface area contributed by atoms with Crippen LogP contribution in [0.2, 0.25) is 10.0 Å². The first-order chi connectivity index (χ1) is 12.4. The summed E-state index contributed by atoms with van der Waals surface area (Å²) < 4.78 is 5.78. The predicted molar refractivity (Wildman–Crippen MR) is 104 cm³/mol. The van der Waals surface area contributed by atoms with E-state index in [2.05, 4.69) is 20.7 Å². The zero-order valence-electron chi connectivity index (χ0n) is 13.9. The van der Waals surface area contributed by atoms with Gasteiger partial charge in [0.25, 0.3) is 0 Å². The summed E-state index contributed by atoms with van der Waals surface area (Å²) in [5, 5.41) is 16.3. The van der Waals surface area contributed by atoms with E-state index in [0.717, 1.165) is 11.1 Å². The van der Waals surface area contributed by atoms with E-state index in [-0.39, 0.29) is 12.3 Å². The summed E-state index contributed by atoms with van der Waals surface area (Å²) in [6.45, 7) is 3.58. The number of carbonyl (C=O) groups excluding carboxylic acids is 1. The van der Waals surface area contributed by atoms with Gasteiger partial charge in [-0.1, -0.05) is 57.5 Å². The van der Waals surface area contributed by atoms with Crippen LogP contribution in [0.4, 0.5) is 5.13 Å². The number of thioether (sulfide) groups is 1. The monoisotopic (exact) mass is 428 g/mol. The van der Waals surface area contributed by atoms with Gasteiger partial charge in [-0.25, -0.2) is 0 Å². The van der Waals surface area contributed by atoms with Crippen molar-refractivity contribution in [3.63, 3.8) is 0 Å². The summed E-state index contributed by atoms with van der Waals surface area (Å²) in [5.41, 5.74) is 2.35. The van der Waals surface area contributed by atoms with Crippen molar-refractivity contribution in [2.45, 2.75) is 30.4 Å². The summed E-state index contributed by atoms with van der Waals surface area (Å²) >= 11 is 15.1. The molecule has 0 radical (unpaired) electrons. The number of aromatic nitrogens is 3. The highest BCUT2D eigenvalue weighted by atomic mass is 35.5. The maximum Gasteiger partial charge on any atom is 0.230 e. The third-order valence-electron chi connectivity index (χ3n) is 3.57. The van der Waals surface area contributed by atoms with E-state index in [1.54, 1.807) is 32.0 Å². The number of anilines is 1. The Balaban J connectivity index is 1.59. The molecule has 0 saturated carbocycles. The molecule has 1 aromatic carbocycles. The molecule has 0 fully saturated rings. The van der Waals surface area contributed by atoms with E-state index >= 15 is 0 Å². The molecule has 0 saturated heterocycles. The second-order valence-electron chi connectivity index (χ2n) is 5.39. The number of rotatable bonds is 6. The van der Waals surface area contributed by atoms with Gasteiger partial charge in [0.1, 0.15) is 5.76 Å². The lowest BCUT2D eigenvalue weighted by Crippen LogP contribution is -2.15. The molecule has 0 aliphatic carbocycles. The van der Waals surface area contributed by atoms with E-state index in [1.807, 2.05) is 0 Å². The fourth-order valence-corrected chi connectivity index (χ4v) is 4.71. The molecular formula is C16H14Cl2N4O2S2. The first kappa shape index (κ1) is 19.2. The topological polar surface area (TPSA) is 80.9 Å². The molecule has 0 atom stereocenters. The van der Waals surface area contributed by atoms with Crippen molar-refractivity contribution < 1.29 is 9.32 Å². The fourth-order valence-electron chi connectivity index (χ4n) is 2.20. The van der Waals surface area contributed by atoms with E-state index in [0.29, 0.717) is 36.7 Å². The van der Waals surface area contributed by atoms with Crippen LogP contribution >= 0.6 is 46.3 Å². The molecule has 3 rings (SSSR count). The summed E-state index contributed by atoms with van der Waals surface area (Å²) in [6.07, 6.45) is 0.179. The lowest BCUT2D eigenvalue weighted by Gasteiger charge is -2.04. The smallest absolute Gasteiger partial charge is 0.230 e. The SMILES string of the molecule is Cc1noc(C)c1CC(=O)Nc1nnc(SCc2c(Cl)cccc2Cl)s1. The van der Waals surface area contributed by atoms with Crippen LogP contribution in [-0.4, -0.2) is 21.3 Å². The first-order valence-electron chi connectivity index (χ1n) is 7.55. The zero-order chi connectivity index (χ0) is 18.7. The van der Waals surface area contributed by atoms with Crippen LogP contribution in [-0.2, 0) is 17.0 Å². The van der Waals surface area contributed by atoms with Gasteiger partial charge in [-0.2, -0.15) is 0 Å². The number of aryl methyl sites for hydroxylation is 2. The predicted octanol–water partition coefficient (Wildman–Crippen LogP) is 4.92. The first-order valence-corrected chi connectivity index (χ1v) is 10.1. The zero-order valence-corrected chi connectivity index (χ0v) is 17.0. The summed E-state index contributed by atoms with van der Waals surface area (Å²) in [7, 11) is 0. The molecule has 0 unspecified atom stereocenters. The van der Waals surface area contributed by atoms with Crippen LogP contribution in [0.15, 0.2) is 27.1 Å². The molecule has 2 heterocycles. The number of benzene rings is 1. The van der Waals surface area contributed by atoms with Gasteiger partial charge in [-0.3, -0.25) is 4.79 Å². The second kappa shape index (κ2) is 8.39. The molecule has 0 aliphatic heterocycles. The van der Waals surface area contributed by atoms with Crippen LogP contribution in [0.3, 0.4) is 0 Å². The highest BCUT2D eigenvalue weighted by Gasteiger charge is 2.15. The van der Waals surface area contributed by atoms with Crippen molar-refractivity contribution in [1.82, 2.24) is 15.4 Å². The minimum absolute atomic E-state index is 0.179. The van der Waals surface area contributed by atoms with Gasteiger partial charge in [-0.15, -0.1) is 10.2 Å². The minimum atomic E-state index is -0.193. The maximum atomic E-state index is 12.2. The van der Waals surface area contributed by atoms with Crippen LogP contribution in [0.5, 0.6) is 0 Å². The van der Waals surface area contributed by atoms with Gasteiger partial charge in [0.05, 0.1) is 12.1 Å². The Morgan fingerprint density at radius 3 is 2.62 bits per heavy atom. The van der Waals surface area contributed by atoms with Gasteiger partial charge in [0.15, 0.2) is 4.34 Å². The number of hydrogen-bond acceptors (Lipinski definition) is 7.